The molecule has 34 heavy (non-hydrogen) atoms. The average molecular weight is 500 g/mol. The summed E-state index contributed by atoms with van der Waals surface area (Å²) in [4.78, 5) is 19.4. The van der Waals surface area contributed by atoms with Crippen molar-refractivity contribution >= 4 is 53.8 Å². The Morgan fingerprint density at radius 2 is 1.97 bits per heavy atom. The Hall–Kier alpha value is -2.85. The zero-order valence-electron chi connectivity index (χ0n) is 19.4. The van der Waals surface area contributed by atoms with Crippen LogP contribution < -0.4 is 10.2 Å². The first-order valence-corrected chi connectivity index (χ1v) is 14.2. The number of amides is 1. The minimum atomic E-state index is -3.29. The molecule has 2 aromatic carbocycles. The number of rotatable bonds is 8. The van der Waals surface area contributed by atoms with E-state index in [1.807, 2.05) is 18.2 Å². The molecule has 0 atom stereocenters. The van der Waals surface area contributed by atoms with Gasteiger partial charge in [0.1, 0.15) is 6.54 Å². The summed E-state index contributed by atoms with van der Waals surface area (Å²) in [5.74, 6) is -0.262. The van der Waals surface area contributed by atoms with E-state index in [9.17, 15) is 13.2 Å². The Kier molecular flexibility index (Phi) is 7.57. The lowest BCUT2D eigenvalue weighted by Crippen LogP contribution is -2.36. The van der Waals surface area contributed by atoms with Crippen LogP contribution in [0.15, 0.2) is 57.6 Å². The summed E-state index contributed by atoms with van der Waals surface area (Å²) in [5, 5.41) is 11.3. The van der Waals surface area contributed by atoms with Crippen LogP contribution in [0.3, 0.4) is 0 Å². The first-order chi connectivity index (χ1) is 16.3. The Balaban J connectivity index is 1.38. The lowest BCUT2D eigenvalue weighted by Gasteiger charge is -2.35. The highest BCUT2D eigenvalue weighted by atomic mass is 32.2. The number of azo groups is 1. The van der Waals surface area contributed by atoms with E-state index in [-0.39, 0.29) is 17.3 Å². The number of hydrogen-bond acceptors (Lipinski definition) is 8. The van der Waals surface area contributed by atoms with Gasteiger partial charge in [-0.3, -0.25) is 4.79 Å². The summed E-state index contributed by atoms with van der Waals surface area (Å²) in [6.07, 6.45) is 7.46. The second kappa shape index (κ2) is 10.6. The Morgan fingerprint density at radius 1 is 1.18 bits per heavy atom. The molecule has 0 bridgehead atoms. The third kappa shape index (κ3) is 5.98. The largest absolute Gasteiger partial charge is 0.369 e. The molecule has 1 aromatic heterocycles. The molecular formula is C24H29N5O3S2. The first-order valence-electron chi connectivity index (χ1n) is 11.5. The van der Waals surface area contributed by atoms with Gasteiger partial charge in [-0.15, -0.1) is 5.11 Å². The van der Waals surface area contributed by atoms with Gasteiger partial charge in [0.05, 0.1) is 15.1 Å². The van der Waals surface area contributed by atoms with E-state index in [0.29, 0.717) is 21.4 Å². The molecule has 0 unspecified atom stereocenters. The topological polar surface area (TPSA) is 104 Å². The van der Waals surface area contributed by atoms with E-state index in [1.54, 1.807) is 12.1 Å². The van der Waals surface area contributed by atoms with Crippen LogP contribution in [0.5, 0.6) is 0 Å². The van der Waals surface area contributed by atoms with Gasteiger partial charge in [-0.25, -0.2) is 13.4 Å². The van der Waals surface area contributed by atoms with Crippen molar-refractivity contribution in [3.05, 3.63) is 42.5 Å². The van der Waals surface area contributed by atoms with E-state index in [2.05, 4.69) is 38.4 Å². The Morgan fingerprint density at radius 3 is 2.71 bits per heavy atom. The van der Waals surface area contributed by atoms with Crippen LogP contribution in [0.25, 0.3) is 10.2 Å². The molecular weight excluding hydrogens is 470 g/mol. The predicted octanol–water partition coefficient (Wildman–Crippen LogP) is 5.58. The molecule has 1 saturated carbocycles. The van der Waals surface area contributed by atoms with Crippen LogP contribution in [0.1, 0.15) is 39.0 Å². The van der Waals surface area contributed by atoms with E-state index < -0.39 is 9.84 Å². The van der Waals surface area contributed by atoms with Gasteiger partial charge in [-0.05, 0) is 56.2 Å². The van der Waals surface area contributed by atoms with E-state index in [1.165, 1.54) is 55.8 Å². The first kappa shape index (κ1) is 24.3. The maximum atomic E-state index is 12.4. The highest BCUT2D eigenvalue weighted by molar-refractivity contribution is 7.90. The summed E-state index contributed by atoms with van der Waals surface area (Å²) in [7, 11) is -3.29. The molecule has 180 valence electrons. The third-order valence-corrected chi connectivity index (χ3v) is 7.98. The number of nitrogens with one attached hydrogen (secondary N) is 1. The lowest BCUT2D eigenvalue weighted by atomic mass is 9.94. The van der Waals surface area contributed by atoms with E-state index in [4.69, 9.17) is 0 Å². The van der Waals surface area contributed by atoms with Gasteiger partial charge in [0.25, 0.3) is 0 Å². The van der Waals surface area contributed by atoms with Crippen molar-refractivity contribution in [3.63, 3.8) is 0 Å². The van der Waals surface area contributed by atoms with Gasteiger partial charge >= 0.3 is 0 Å². The van der Waals surface area contributed by atoms with Gasteiger partial charge < -0.3 is 10.2 Å². The van der Waals surface area contributed by atoms with Crippen molar-refractivity contribution in [2.24, 2.45) is 10.2 Å². The van der Waals surface area contributed by atoms with Crippen molar-refractivity contribution in [2.75, 3.05) is 29.6 Å². The molecule has 10 heteroatoms. The molecule has 1 heterocycles. The fourth-order valence-corrected chi connectivity index (χ4v) is 5.90. The molecule has 1 fully saturated rings. The van der Waals surface area contributed by atoms with Crippen LogP contribution in [-0.2, 0) is 14.6 Å². The van der Waals surface area contributed by atoms with Gasteiger partial charge in [-0.2, -0.15) is 5.11 Å². The van der Waals surface area contributed by atoms with Crippen LogP contribution >= 0.6 is 11.3 Å². The third-order valence-electron chi connectivity index (χ3n) is 5.97. The normalized spacial score (nSPS) is 15.1. The van der Waals surface area contributed by atoms with Crippen LogP contribution in [-0.4, -0.2) is 44.7 Å². The number of aromatic nitrogens is 1. The van der Waals surface area contributed by atoms with Crippen molar-refractivity contribution in [3.8, 4) is 0 Å². The molecule has 0 saturated heterocycles. The van der Waals surface area contributed by atoms with Crippen LogP contribution in [0.4, 0.5) is 16.5 Å². The predicted molar refractivity (Wildman–Crippen MR) is 137 cm³/mol. The standard InChI is InChI=1S/C24H29N5O3S2/c1-3-29(18-9-5-4-6-10-18)19-11-7-8-17(14-19)26-23(30)16-25-28-24-27-21-13-12-20(34(2,31)32)15-22(21)33-24/h7-8,11-15,18H,3-6,9-10,16H2,1-2H3,(H,26,30). The zero-order chi connectivity index (χ0) is 24.1. The number of benzene rings is 2. The summed E-state index contributed by atoms with van der Waals surface area (Å²) < 4.78 is 24.2. The fourth-order valence-electron chi connectivity index (χ4n) is 4.33. The molecule has 0 spiro atoms. The van der Waals surface area contributed by atoms with Crippen LogP contribution in [0, 0.1) is 0 Å². The quantitative estimate of drug-likeness (QED) is 0.407. The fraction of sp³-hybridized carbons (Fsp3) is 0.417. The number of thiazole rings is 1. The summed E-state index contributed by atoms with van der Waals surface area (Å²) in [6.45, 7) is 2.98. The van der Waals surface area contributed by atoms with E-state index in [0.717, 1.165) is 17.9 Å². The van der Waals surface area contributed by atoms with Crippen molar-refractivity contribution < 1.29 is 13.2 Å². The minimum Gasteiger partial charge on any atom is -0.369 e. The highest BCUT2D eigenvalue weighted by Gasteiger charge is 2.20. The van der Waals surface area contributed by atoms with Gasteiger partial charge in [0, 0.05) is 30.2 Å². The number of anilines is 2. The summed E-state index contributed by atoms with van der Waals surface area (Å²) in [5.41, 5.74) is 2.50. The maximum absolute atomic E-state index is 12.4. The lowest BCUT2D eigenvalue weighted by molar-refractivity contribution is -0.114. The SMILES string of the molecule is CCN(c1cccc(NC(=O)CN=Nc2nc3ccc(S(C)(=O)=O)cc3s2)c1)C1CCCCC1. The van der Waals surface area contributed by atoms with Crippen molar-refractivity contribution in [2.45, 2.75) is 50.0 Å². The number of carbonyl (C=O) groups is 1. The Bertz CT molecular complexity index is 1300. The van der Waals surface area contributed by atoms with Gasteiger partial charge in [-0.1, -0.05) is 36.7 Å². The number of fused-ring (bicyclic) bond motifs is 1. The number of nitrogens with zero attached hydrogens (tertiary/aromatic N) is 4. The number of carbonyl (C=O) groups excluding carboxylic acids is 1. The minimum absolute atomic E-state index is 0.130. The van der Waals surface area contributed by atoms with Crippen LogP contribution in [0.2, 0.25) is 0 Å². The summed E-state index contributed by atoms with van der Waals surface area (Å²) >= 11 is 1.23. The number of sulfone groups is 1. The molecule has 4 rings (SSSR count). The monoisotopic (exact) mass is 499 g/mol. The maximum Gasteiger partial charge on any atom is 0.247 e. The second-order valence-corrected chi connectivity index (χ2v) is 11.5. The molecule has 0 aliphatic heterocycles. The molecule has 1 aliphatic carbocycles. The molecule has 1 N–H and O–H groups in total. The summed E-state index contributed by atoms with van der Waals surface area (Å²) in [6, 6.07) is 13.2. The van der Waals surface area contributed by atoms with E-state index >= 15 is 0 Å². The van der Waals surface area contributed by atoms with Gasteiger partial charge in [0.2, 0.25) is 11.0 Å². The smallest absolute Gasteiger partial charge is 0.247 e. The molecule has 1 aliphatic rings. The molecule has 0 radical (unpaired) electrons. The molecule has 3 aromatic rings. The second-order valence-electron chi connectivity index (χ2n) is 8.47. The Labute approximate surface area is 204 Å². The van der Waals surface area contributed by atoms with Crippen molar-refractivity contribution in [1.29, 1.82) is 0 Å². The highest BCUT2D eigenvalue weighted by Crippen LogP contribution is 2.31. The van der Waals surface area contributed by atoms with Gasteiger partial charge in [0.15, 0.2) is 9.84 Å². The molecule has 8 nitrogen and oxygen atoms in total. The number of hydrogen-bond donors (Lipinski definition) is 1. The average Bonchev–Trinajstić information content (AvgIpc) is 3.22. The zero-order valence-corrected chi connectivity index (χ0v) is 21.0. The van der Waals surface area contributed by atoms with Crippen molar-refractivity contribution in [1.82, 2.24) is 4.98 Å². The molecule has 1 amide bonds.